The second kappa shape index (κ2) is 9.51. The maximum absolute atomic E-state index is 4.32. The van der Waals surface area contributed by atoms with Crippen molar-refractivity contribution < 1.29 is 0 Å². The van der Waals surface area contributed by atoms with E-state index in [1.165, 1.54) is 10.4 Å². The van der Waals surface area contributed by atoms with E-state index in [0.29, 0.717) is 0 Å². The molecule has 0 bridgehead atoms. The smallest absolute Gasteiger partial charge is 0.193 e. The van der Waals surface area contributed by atoms with Gasteiger partial charge >= 0.3 is 0 Å². The maximum Gasteiger partial charge on any atom is 0.193 e. The van der Waals surface area contributed by atoms with Gasteiger partial charge in [0.2, 0.25) is 0 Å². The molecule has 5 nitrogen and oxygen atoms in total. The Hall–Kier alpha value is -0.610. The van der Waals surface area contributed by atoms with Crippen LogP contribution in [0, 0.1) is 6.92 Å². The highest BCUT2D eigenvalue weighted by molar-refractivity contribution is 14.0. The first-order chi connectivity index (χ1) is 10.1. The fourth-order valence-electron chi connectivity index (χ4n) is 2.00. The number of halogens is 2. The molecule has 2 rings (SSSR count). The van der Waals surface area contributed by atoms with Crippen molar-refractivity contribution in [3.05, 3.63) is 38.8 Å². The van der Waals surface area contributed by atoms with Crippen LogP contribution in [0.1, 0.15) is 10.4 Å². The summed E-state index contributed by atoms with van der Waals surface area (Å²) >= 11 is 5.24. The summed E-state index contributed by atoms with van der Waals surface area (Å²) in [5, 5.41) is 7.64. The Labute approximate surface area is 161 Å². The molecule has 0 atom stereocenters. The van der Waals surface area contributed by atoms with Crippen molar-refractivity contribution in [2.75, 3.05) is 20.6 Å². The predicted molar refractivity (Wildman–Crippen MR) is 107 cm³/mol. The van der Waals surface area contributed by atoms with E-state index in [0.717, 1.165) is 29.4 Å². The molecule has 0 aliphatic carbocycles. The van der Waals surface area contributed by atoms with Crippen LogP contribution >= 0.6 is 51.2 Å². The Morgan fingerprint density at radius 1 is 1.50 bits per heavy atom. The summed E-state index contributed by atoms with van der Waals surface area (Å²) in [5.74, 6) is 0.892. The molecular weight excluding hydrogens is 477 g/mol. The molecule has 1 N–H and O–H groups in total. The second-order valence-electron chi connectivity index (χ2n) is 4.82. The van der Waals surface area contributed by atoms with Crippen LogP contribution < -0.4 is 5.32 Å². The Bertz CT molecular complexity index is 610. The minimum absolute atomic E-state index is 0. The monoisotopic (exact) mass is 497 g/mol. The molecule has 22 heavy (non-hydrogen) atoms. The van der Waals surface area contributed by atoms with Crippen molar-refractivity contribution in [1.29, 1.82) is 0 Å². The van der Waals surface area contributed by atoms with E-state index in [-0.39, 0.29) is 24.0 Å². The number of nitrogens with one attached hydrogen (secondary N) is 1. The number of aromatic nitrogens is 2. The van der Waals surface area contributed by atoms with Gasteiger partial charge in [0, 0.05) is 31.7 Å². The van der Waals surface area contributed by atoms with Crippen LogP contribution in [0.25, 0.3) is 0 Å². The molecule has 2 aromatic heterocycles. The first kappa shape index (κ1) is 19.4. The van der Waals surface area contributed by atoms with E-state index in [9.17, 15) is 0 Å². The molecule has 2 aromatic rings. The van der Waals surface area contributed by atoms with Crippen molar-refractivity contribution in [3.63, 3.8) is 0 Å². The summed E-state index contributed by atoms with van der Waals surface area (Å²) in [7, 11) is 3.85. The van der Waals surface area contributed by atoms with Gasteiger partial charge in [0.05, 0.1) is 23.1 Å². The lowest BCUT2D eigenvalue weighted by molar-refractivity contribution is 0.474. The summed E-state index contributed by atoms with van der Waals surface area (Å²) in [6, 6.07) is 4.20. The number of guanidine groups is 1. The van der Waals surface area contributed by atoms with Crippen molar-refractivity contribution in [1.82, 2.24) is 20.0 Å². The number of aryl methyl sites for hydroxylation is 1. The number of hydrogen-bond donors (Lipinski definition) is 1. The zero-order valence-electron chi connectivity index (χ0n) is 12.9. The third-order valence-corrected chi connectivity index (χ3v) is 4.59. The van der Waals surface area contributed by atoms with Gasteiger partial charge in [0.25, 0.3) is 0 Å². The van der Waals surface area contributed by atoms with E-state index >= 15 is 0 Å². The lowest BCUT2D eigenvalue weighted by atomic mass is 10.4. The number of hydrogen-bond acceptors (Lipinski definition) is 3. The normalized spacial score (nSPS) is 11.2. The van der Waals surface area contributed by atoms with Crippen LogP contribution in [-0.2, 0) is 13.1 Å². The molecule has 0 aromatic carbocycles. The topological polar surface area (TPSA) is 45.5 Å². The average molecular weight is 498 g/mol. The van der Waals surface area contributed by atoms with E-state index in [2.05, 4.69) is 48.4 Å². The molecule has 0 unspecified atom stereocenters. The summed E-state index contributed by atoms with van der Waals surface area (Å²) in [6.45, 7) is 4.51. The molecule has 8 heteroatoms. The molecule has 2 heterocycles. The summed E-state index contributed by atoms with van der Waals surface area (Å²) in [4.78, 5) is 7.74. The molecular formula is C14H21BrIN5S. The van der Waals surface area contributed by atoms with Crippen LogP contribution in [0.15, 0.2) is 33.3 Å². The van der Waals surface area contributed by atoms with E-state index in [1.807, 2.05) is 31.0 Å². The minimum Gasteiger partial charge on any atom is -0.354 e. The van der Waals surface area contributed by atoms with Crippen molar-refractivity contribution in [3.8, 4) is 0 Å². The first-order valence-electron chi connectivity index (χ1n) is 6.73. The molecule has 122 valence electrons. The van der Waals surface area contributed by atoms with E-state index < -0.39 is 0 Å². The fraction of sp³-hybridized carbons (Fsp3) is 0.429. The standard InChI is InChI=1S/C14H20BrN5S.HI/c1-11-8-18-20(9-11)7-6-17-14(16-2)19(3)10-12-4-5-13(15)21-12;/h4-5,8-9H,6-7,10H2,1-3H3,(H,16,17);1H. The van der Waals surface area contributed by atoms with Gasteiger partial charge in [0.1, 0.15) is 0 Å². The summed E-state index contributed by atoms with van der Waals surface area (Å²) in [5.41, 5.74) is 1.18. The van der Waals surface area contributed by atoms with Crippen LogP contribution in [0.2, 0.25) is 0 Å². The van der Waals surface area contributed by atoms with Gasteiger partial charge < -0.3 is 10.2 Å². The van der Waals surface area contributed by atoms with Crippen LogP contribution in [-0.4, -0.2) is 41.3 Å². The average Bonchev–Trinajstić information content (AvgIpc) is 3.03. The highest BCUT2D eigenvalue weighted by Gasteiger charge is 2.07. The summed E-state index contributed by atoms with van der Waals surface area (Å²) in [6.07, 6.45) is 3.91. The molecule has 0 aliphatic heterocycles. The number of nitrogens with zero attached hydrogens (tertiary/aromatic N) is 4. The quantitative estimate of drug-likeness (QED) is 0.391. The van der Waals surface area contributed by atoms with Gasteiger partial charge in [-0.1, -0.05) is 0 Å². The van der Waals surface area contributed by atoms with Gasteiger partial charge in [-0.2, -0.15) is 5.10 Å². The number of thiophene rings is 1. The largest absolute Gasteiger partial charge is 0.354 e. The predicted octanol–water partition coefficient (Wildman–Crippen LogP) is 3.34. The third kappa shape index (κ3) is 5.88. The van der Waals surface area contributed by atoms with Crippen molar-refractivity contribution in [2.24, 2.45) is 4.99 Å². The maximum atomic E-state index is 4.32. The van der Waals surface area contributed by atoms with Gasteiger partial charge in [-0.3, -0.25) is 9.67 Å². The molecule has 0 fully saturated rings. The van der Waals surface area contributed by atoms with Gasteiger partial charge in [-0.15, -0.1) is 35.3 Å². The highest BCUT2D eigenvalue weighted by atomic mass is 127. The van der Waals surface area contributed by atoms with E-state index in [1.54, 1.807) is 18.4 Å². The lowest BCUT2D eigenvalue weighted by Crippen LogP contribution is -2.39. The minimum atomic E-state index is 0. The Morgan fingerprint density at radius 3 is 2.82 bits per heavy atom. The number of aliphatic imine (C=N–C) groups is 1. The van der Waals surface area contributed by atoms with Gasteiger partial charge in [-0.05, 0) is 40.5 Å². The summed E-state index contributed by atoms with van der Waals surface area (Å²) < 4.78 is 3.09. The zero-order chi connectivity index (χ0) is 15.2. The fourth-order valence-corrected chi connectivity index (χ4v) is 3.54. The highest BCUT2D eigenvalue weighted by Crippen LogP contribution is 2.22. The molecule has 0 aliphatic rings. The third-order valence-electron chi connectivity index (χ3n) is 2.98. The van der Waals surface area contributed by atoms with Gasteiger partial charge in [0.15, 0.2) is 5.96 Å². The molecule has 0 amide bonds. The molecule has 0 radical (unpaired) electrons. The van der Waals surface area contributed by atoms with Crippen molar-refractivity contribution >= 4 is 57.2 Å². The van der Waals surface area contributed by atoms with Crippen LogP contribution in [0.3, 0.4) is 0 Å². The SMILES string of the molecule is CN=C(NCCn1cc(C)cn1)N(C)Cc1ccc(Br)s1.I. The second-order valence-corrected chi connectivity index (χ2v) is 7.36. The first-order valence-corrected chi connectivity index (χ1v) is 8.34. The lowest BCUT2D eigenvalue weighted by Gasteiger charge is -2.21. The molecule has 0 saturated heterocycles. The Balaban J connectivity index is 0.00000242. The van der Waals surface area contributed by atoms with Crippen LogP contribution in [0.4, 0.5) is 0 Å². The van der Waals surface area contributed by atoms with E-state index in [4.69, 9.17) is 0 Å². The Morgan fingerprint density at radius 2 is 2.27 bits per heavy atom. The molecule has 0 saturated carbocycles. The van der Waals surface area contributed by atoms with Crippen LogP contribution in [0.5, 0.6) is 0 Å². The zero-order valence-corrected chi connectivity index (χ0v) is 17.6. The molecule has 0 spiro atoms. The van der Waals surface area contributed by atoms with Gasteiger partial charge in [-0.25, -0.2) is 0 Å². The number of rotatable bonds is 5. The van der Waals surface area contributed by atoms with Crippen molar-refractivity contribution in [2.45, 2.75) is 20.0 Å². The Kier molecular flexibility index (Phi) is 8.40.